The molecule has 6 nitrogen and oxygen atoms in total. The molecule has 154 valence electrons. The topological polar surface area (TPSA) is 76.7 Å². The number of halogens is 1. The van der Waals surface area contributed by atoms with E-state index in [-0.39, 0.29) is 30.7 Å². The van der Waals surface area contributed by atoms with Crippen LogP contribution in [0.3, 0.4) is 0 Å². The number of rotatable bonds is 8. The summed E-state index contributed by atoms with van der Waals surface area (Å²) in [6.07, 6.45) is 0.159. The van der Waals surface area contributed by atoms with Gasteiger partial charge < -0.3 is 20.1 Å². The molecule has 2 N–H and O–H groups in total. The predicted octanol–water partition coefficient (Wildman–Crippen LogP) is 4.03. The molecule has 7 heteroatoms. The number of para-hydroxylation sites is 2. The third-order valence-electron chi connectivity index (χ3n) is 4.17. The van der Waals surface area contributed by atoms with Gasteiger partial charge in [0.2, 0.25) is 5.91 Å². The van der Waals surface area contributed by atoms with Crippen molar-refractivity contribution in [1.29, 1.82) is 0 Å². The smallest absolute Gasteiger partial charge is 0.262 e. The van der Waals surface area contributed by atoms with Gasteiger partial charge in [0.25, 0.3) is 5.91 Å². The molecule has 0 aromatic heterocycles. The van der Waals surface area contributed by atoms with Gasteiger partial charge in [-0.15, -0.1) is 0 Å². The van der Waals surface area contributed by atoms with Gasteiger partial charge in [-0.05, 0) is 54.1 Å². The van der Waals surface area contributed by atoms with Crippen molar-refractivity contribution < 1.29 is 23.5 Å². The van der Waals surface area contributed by atoms with Gasteiger partial charge in [-0.1, -0.05) is 24.3 Å². The van der Waals surface area contributed by atoms with Gasteiger partial charge in [-0.3, -0.25) is 9.59 Å². The zero-order valence-electron chi connectivity index (χ0n) is 16.4. The Balaban J connectivity index is 1.47. The van der Waals surface area contributed by atoms with Crippen molar-refractivity contribution in [3.05, 3.63) is 84.2 Å². The van der Waals surface area contributed by atoms with E-state index in [1.54, 1.807) is 42.5 Å². The molecule has 0 saturated heterocycles. The maximum absolute atomic E-state index is 12.9. The molecule has 0 saturated carbocycles. The van der Waals surface area contributed by atoms with E-state index in [0.717, 1.165) is 5.56 Å². The van der Waals surface area contributed by atoms with Crippen LogP contribution in [0, 0.1) is 5.82 Å². The highest BCUT2D eigenvalue weighted by Gasteiger charge is 2.09. The van der Waals surface area contributed by atoms with Crippen LogP contribution in [0.15, 0.2) is 72.8 Å². The molecule has 30 heavy (non-hydrogen) atoms. The summed E-state index contributed by atoms with van der Waals surface area (Å²) in [7, 11) is 1.53. The van der Waals surface area contributed by atoms with E-state index >= 15 is 0 Å². The molecule has 0 radical (unpaired) electrons. The SMILES string of the molecule is COc1ccccc1NC(=O)COc1ccc(CC(=O)Nc2ccc(F)cc2)cc1. The largest absolute Gasteiger partial charge is 0.495 e. The van der Waals surface area contributed by atoms with E-state index < -0.39 is 0 Å². The minimum atomic E-state index is -0.361. The summed E-state index contributed by atoms with van der Waals surface area (Å²) in [4.78, 5) is 24.2. The van der Waals surface area contributed by atoms with Gasteiger partial charge in [0, 0.05) is 5.69 Å². The Kier molecular flexibility index (Phi) is 7.00. The van der Waals surface area contributed by atoms with E-state index in [4.69, 9.17) is 9.47 Å². The van der Waals surface area contributed by atoms with Crippen molar-refractivity contribution in [3.8, 4) is 11.5 Å². The number of ether oxygens (including phenoxy) is 2. The van der Waals surface area contributed by atoms with E-state index in [0.29, 0.717) is 22.9 Å². The van der Waals surface area contributed by atoms with Crippen LogP contribution in [-0.4, -0.2) is 25.5 Å². The Morgan fingerprint density at radius 3 is 2.27 bits per heavy atom. The van der Waals surface area contributed by atoms with Crippen molar-refractivity contribution in [2.45, 2.75) is 6.42 Å². The Hall–Kier alpha value is -3.87. The molecule has 0 fully saturated rings. The van der Waals surface area contributed by atoms with E-state index in [9.17, 15) is 14.0 Å². The normalized spacial score (nSPS) is 10.2. The molecule has 0 spiro atoms. The fourth-order valence-corrected chi connectivity index (χ4v) is 2.71. The number of benzene rings is 3. The van der Waals surface area contributed by atoms with Crippen LogP contribution in [0.1, 0.15) is 5.56 Å². The lowest BCUT2D eigenvalue weighted by molar-refractivity contribution is -0.118. The zero-order valence-corrected chi connectivity index (χ0v) is 16.4. The summed E-state index contributed by atoms with van der Waals surface area (Å²) in [5.74, 6) is 0.177. The standard InChI is InChI=1S/C23H21FN2O4/c1-29-21-5-3-2-4-20(21)26-23(28)15-30-19-12-6-16(7-13-19)14-22(27)25-18-10-8-17(24)9-11-18/h2-13H,14-15H2,1H3,(H,25,27)(H,26,28). The summed E-state index contributed by atoms with van der Waals surface area (Å²) >= 11 is 0. The van der Waals surface area contributed by atoms with Gasteiger partial charge >= 0.3 is 0 Å². The molecular formula is C23H21FN2O4. The van der Waals surface area contributed by atoms with Crippen LogP contribution in [0.4, 0.5) is 15.8 Å². The van der Waals surface area contributed by atoms with Crippen LogP contribution < -0.4 is 20.1 Å². The highest BCUT2D eigenvalue weighted by atomic mass is 19.1. The molecule has 3 rings (SSSR count). The van der Waals surface area contributed by atoms with Gasteiger partial charge in [-0.2, -0.15) is 0 Å². The Morgan fingerprint density at radius 2 is 1.57 bits per heavy atom. The van der Waals surface area contributed by atoms with Crippen molar-refractivity contribution in [2.75, 3.05) is 24.4 Å². The van der Waals surface area contributed by atoms with Gasteiger partial charge in [0.15, 0.2) is 6.61 Å². The fraction of sp³-hybridized carbons (Fsp3) is 0.130. The molecule has 0 aliphatic carbocycles. The van der Waals surface area contributed by atoms with E-state index in [2.05, 4.69) is 10.6 Å². The quantitative estimate of drug-likeness (QED) is 0.590. The first-order valence-electron chi connectivity index (χ1n) is 9.23. The molecule has 3 aromatic rings. The lowest BCUT2D eigenvalue weighted by Gasteiger charge is -2.11. The summed E-state index contributed by atoms with van der Waals surface area (Å²) in [5, 5.41) is 5.44. The second-order valence-electron chi connectivity index (χ2n) is 6.41. The minimum absolute atomic E-state index is 0.159. The summed E-state index contributed by atoms with van der Waals surface area (Å²) < 4.78 is 23.6. The van der Waals surface area contributed by atoms with E-state index in [1.165, 1.54) is 31.4 Å². The lowest BCUT2D eigenvalue weighted by Crippen LogP contribution is -2.20. The predicted molar refractivity (Wildman–Crippen MR) is 112 cm³/mol. The summed E-state index contributed by atoms with van der Waals surface area (Å²) in [6.45, 7) is -0.164. The van der Waals surface area contributed by atoms with Gasteiger partial charge in [-0.25, -0.2) is 4.39 Å². The van der Waals surface area contributed by atoms with Crippen LogP contribution in [0.5, 0.6) is 11.5 Å². The molecule has 0 atom stereocenters. The number of anilines is 2. The highest BCUT2D eigenvalue weighted by Crippen LogP contribution is 2.23. The van der Waals surface area contributed by atoms with Gasteiger partial charge in [0.1, 0.15) is 17.3 Å². The van der Waals surface area contributed by atoms with Gasteiger partial charge in [0.05, 0.1) is 19.2 Å². The van der Waals surface area contributed by atoms with Crippen LogP contribution in [0.25, 0.3) is 0 Å². The lowest BCUT2D eigenvalue weighted by atomic mass is 10.1. The number of hydrogen-bond donors (Lipinski definition) is 2. The molecule has 0 bridgehead atoms. The maximum atomic E-state index is 12.9. The molecule has 2 amide bonds. The number of carbonyl (C=O) groups is 2. The monoisotopic (exact) mass is 408 g/mol. The second kappa shape index (κ2) is 10.1. The average molecular weight is 408 g/mol. The minimum Gasteiger partial charge on any atom is -0.495 e. The Bertz CT molecular complexity index is 1000. The zero-order chi connectivity index (χ0) is 21.3. The number of methoxy groups -OCH3 is 1. The summed E-state index contributed by atoms with van der Waals surface area (Å²) in [6, 6.07) is 19.5. The third-order valence-corrected chi connectivity index (χ3v) is 4.17. The van der Waals surface area contributed by atoms with Crippen molar-refractivity contribution in [1.82, 2.24) is 0 Å². The number of carbonyl (C=O) groups excluding carboxylic acids is 2. The van der Waals surface area contributed by atoms with E-state index in [1.807, 2.05) is 6.07 Å². The maximum Gasteiger partial charge on any atom is 0.262 e. The third kappa shape index (κ3) is 6.07. The van der Waals surface area contributed by atoms with Crippen LogP contribution in [-0.2, 0) is 16.0 Å². The Labute approximate surface area is 173 Å². The van der Waals surface area contributed by atoms with Crippen molar-refractivity contribution in [3.63, 3.8) is 0 Å². The molecule has 0 aliphatic rings. The highest BCUT2D eigenvalue weighted by molar-refractivity contribution is 5.93. The first-order valence-corrected chi connectivity index (χ1v) is 9.23. The molecular weight excluding hydrogens is 387 g/mol. The number of hydrogen-bond acceptors (Lipinski definition) is 4. The number of nitrogens with one attached hydrogen (secondary N) is 2. The first kappa shape index (κ1) is 20.9. The first-order chi connectivity index (χ1) is 14.5. The Morgan fingerprint density at radius 1 is 0.867 bits per heavy atom. The summed E-state index contributed by atoms with van der Waals surface area (Å²) in [5.41, 5.74) is 1.87. The average Bonchev–Trinajstić information content (AvgIpc) is 2.75. The second-order valence-corrected chi connectivity index (χ2v) is 6.41. The van der Waals surface area contributed by atoms with Crippen LogP contribution >= 0.6 is 0 Å². The molecule has 0 heterocycles. The van der Waals surface area contributed by atoms with Crippen molar-refractivity contribution >= 4 is 23.2 Å². The van der Waals surface area contributed by atoms with Crippen LogP contribution in [0.2, 0.25) is 0 Å². The van der Waals surface area contributed by atoms with Crippen molar-refractivity contribution in [2.24, 2.45) is 0 Å². The fourth-order valence-electron chi connectivity index (χ4n) is 2.71. The molecule has 0 unspecified atom stereocenters. The number of amides is 2. The molecule has 0 aliphatic heterocycles. The molecule has 3 aromatic carbocycles.